The SMILES string of the molecule is C=CCNC(=O)C(C)Oc1c(OC)cccc1C(=O)O. The lowest BCUT2D eigenvalue weighted by Gasteiger charge is -2.17. The minimum Gasteiger partial charge on any atom is -0.493 e. The first kappa shape index (κ1) is 15.6. The summed E-state index contributed by atoms with van der Waals surface area (Å²) in [6.07, 6.45) is 0.681. The first-order valence-corrected chi connectivity index (χ1v) is 5.96. The molecule has 0 saturated carbocycles. The van der Waals surface area contributed by atoms with Gasteiger partial charge in [0.1, 0.15) is 5.56 Å². The highest BCUT2D eigenvalue weighted by atomic mass is 16.5. The van der Waals surface area contributed by atoms with Crippen LogP contribution in [0.3, 0.4) is 0 Å². The van der Waals surface area contributed by atoms with Crippen molar-refractivity contribution in [1.82, 2.24) is 5.32 Å². The summed E-state index contributed by atoms with van der Waals surface area (Å²) in [5, 5.41) is 11.7. The molecular formula is C14H17NO5. The molecule has 20 heavy (non-hydrogen) atoms. The average molecular weight is 279 g/mol. The molecule has 0 spiro atoms. The molecule has 0 fully saturated rings. The van der Waals surface area contributed by atoms with Gasteiger partial charge < -0.3 is 19.9 Å². The molecule has 0 aliphatic carbocycles. The van der Waals surface area contributed by atoms with Gasteiger partial charge in [0.2, 0.25) is 0 Å². The lowest BCUT2D eigenvalue weighted by molar-refractivity contribution is -0.127. The van der Waals surface area contributed by atoms with Gasteiger partial charge >= 0.3 is 5.97 Å². The van der Waals surface area contributed by atoms with Gasteiger partial charge in [-0.15, -0.1) is 6.58 Å². The van der Waals surface area contributed by atoms with Crippen LogP contribution in [0.1, 0.15) is 17.3 Å². The van der Waals surface area contributed by atoms with E-state index >= 15 is 0 Å². The highest BCUT2D eigenvalue weighted by Gasteiger charge is 2.21. The molecule has 1 unspecified atom stereocenters. The molecule has 1 rings (SSSR count). The van der Waals surface area contributed by atoms with Gasteiger partial charge in [0.25, 0.3) is 5.91 Å². The van der Waals surface area contributed by atoms with Crippen LogP contribution in [0.5, 0.6) is 11.5 Å². The van der Waals surface area contributed by atoms with Crippen LogP contribution in [-0.4, -0.2) is 36.7 Å². The molecule has 1 atom stereocenters. The highest BCUT2D eigenvalue weighted by molar-refractivity contribution is 5.92. The fraction of sp³-hybridized carbons (Fsp3) is 0.286. The number of benzene rings is 1. The predicted octanol–water partition coefficient (Wildman–Crippen LogP) is 1.46. The Balaban J connectivity index is 2.97. The van der Waals surface area contributed by atoms with Crippen molar-refractivity contribution in [3.63, 3.8) is 0 Å². The molecule has 0 heterocycles. The molecule has 6 heteroatoms. The van der Waals surface area contributed by atoms with Crippen molar-refractivity contribution in [3.8, 4) is 11.5 Å². The van der Waals surface area contributed by atoms with E-state index in [9.17, 15) is 9.59 Å². The van der Waals surface area contributed by atoms with E-state index in [-0.39, 0.29) is 23.0 Å². The summed E-state index contributed by atoms with van der Waals surface area (Å²) in [6.45, 7) is 5.32. The molecule has 0 radical (unpaired) electrons. The van der Waals surface area contributed by atoms with Crippen LogP contribution in [0.25, 0.3) is 0 Å². The second kappa shape index (κ2) is 7.18. The van der Waals surface area contributed by atoms with Crippen LogP contribution in [0.15, 0.2) is 30.9 Å². The Morgan fingerprint density at radius 1 is 1.50 bits per heavy atom. The monoisotopic (exact) mass is 279 g/mol. The van der Waals surface area contributed by atoms with Crippen molar-refractivity contribution in [2.24, 2.45) is 0 Å². The fourth-order valence-electron chi connectivity index (χ4n) is 1.51. The van der Waals surface area contributed by atoms with Crippen molar-refractivity contribution in [2.75, 3.05) is 13.7 Å². The van der Waals surface area contributed by atoms with Gasteiger partial charge in [-0.1, -0.05) is 12.1 Å². The Kier molecular flexibility index (Phi) is 5.58. The number of aromatic carboxylic acids is 1. The number of hydrogen-bond donors (Lipinski definition) is 2. The predicted molar refractivity (Wildman–Crippen MR) is 73.3 cm³/mol. The summed E-state index contributed by atoms with van der Waals surface area (Å²) in [6, 6.07) is 4.49. The summed E-state index contributed by atoms with van der Waals surface area (Å²) in [4.78, 5) is 22.9. The van der Waals surface area contributed by atoms with E-state index in [1.165, 1.54) is 32.2 Å². The number of rotatable bonds is 7. The Morgan fingerprint density at radius 3 is 2.75 bits per heavy atom. The van der Waals surface area contributed by atoms with Gasteiger partial charge in [-0.05, 0) is 19.1 Å². The molecule has 1 aromatic carbocycles. The minimum absolute atomic E-state index is 0.0313. The van der Waals surface area contributed by atoms with Gasteiger partial charge in [-0.2, -0.15) is 0 Å². The van der Waals surface area contributed by atoms with E-state index in [1.807, 2.05) is 0 Å². The van der Waals surface area contributed by atoms with Gasteiger partial charge in [-0.3, -0.25) is 4.79 Å². The van der Waals surface area contributed by atoms with Crippen molar-refractivity contribution in [1.29, 1.82) is 0 Å². The number of carbonyl (C=O) groups excluding carboxylic acids is 1. The molecule has 1 aromatic rings. The third kappa shape index (κ3) is 3.74. The average Bonchev–Trinajstić information content (AvgIpc) is 2.44. The maximum Gasteiger partial charge on any atom is 0.339 e. The van der Waals surface area contributed by atoms with Crippen LogP contribution in [0.2, 0.25) is 0 Å². The van der Waals surface area contributed by atoms with E-state index in [0.29, 0.717) is 6.54 Å². The highest BCUT2D eigenvalue weighted by Crippen LogP contribution is 2.31. The smallest absolute Gasteiger partial charge is 0.339 e. The summed E-state index contributed by atoms with van der Waals surface area (Å²) >= 11 is 0. The Bertz CT molecular complexity index is 512. The molecule has 108 valence electrons. The molecule has 0 saturated heterocycles. The van der Waals surface area contributed by atoms with Crippen LogP contribution >= 0.6 is 0 Å². The maximum atomic E-state index is 11.7. The standard InChI is InChI=1S/C14H17NO5/c1-4-8-15-13(16)9(2)20-12-10(14(17)18)6-5-7-11(12)19-3/h4-7,9H,1,8H2,2-3H3,(H,15,16)(H,17,18). The largest absolute Gasteiger partial charge is 0.493 e. The van der Waals surface area contributed by atoms with Crippen LogP contribution in [-0.2, 0) is 4.79 Å². The lowest BCUT2D eigenvalue weighted by Crippen LogP contribution is -2.36. The molecule has 6 nitrogen and oxygen atoms in total. The van der Waals surface area contributed by atoms with E-state index in [0.717, 1.165) is 0 Å². The third-order valence-corrected chi connectivity index (χ3v) is 2.51. The Labute approximate surface area is 117 Å². The molecular weight excluding hydrogens is 262 g/mol. The number of amides is 1. The molecule has 0 aromatic heterocycles. The van der Waals surface area contributed by atoms with Crippen LogP contribution < -0.4 is 14.8 Å². The van der Waals surface area contributed by atoms with Crippen LogP contribution in [0, 0.1) is 0 Å². The normalized spacial score (nSPS) is 11.3. The minimum atomic E-state index is -1.16. The van der Waals surface area contributed by atoms with Gasteiger partial charge in [0, 0.05) is 6.54 Å². The number of ether oxygens (including phenoxy) is 2. The number of carboxylic acids is 1. The molecule has 2 N–H and O–H groups in total. The Morgan fingerprint density at radius 2 is 2.20 bits per heavy atom. The number of carboxylic acid groups (broad SMARTS) is 1. The summed E-state index contributed by atoms with van der Waals surface area (Å²) in [5.74, 6) is -1.23. The quantitative estimate of drug-likeness (QED) is 0.738. The first-order chi connectivity index (χ1) is 9.51. The van der Waals surface area contributed by atoms with E-state index in [1.54, 1.807) is 6.07 Å². The van der Waals surface area contributed by atoms with E-state index in [4.69, 9.17) is 14.6 Å². The number of para-hydroxylation sites is 1. The van der Waals surface area contributed by atoms with E-state index in [2.05, 4.69) is 11.9 Å². The zero-order chi connectivity index (χ0) is 15.1. The van der Waals surface area contributed by atoms with Crippen molar-refractivity contribution >= 4 is 11.9 Å². The zero-order valence-corrected chi connectivity index (χ0v) is 11.4. The van der Waals surface area contributed by atoms with Crippen molar-refractivity contribution in [3.05, 3.63) is 36.4 Å². The van der Waals surface area contributed by atoms with Crippen LogP contribution in [0.4, 0.5) is 0 Å². The topological polar surface area (TPSA) is 84.9 Å². The number of hydrogen-bond acceptors (Lipinski definition) is 4. The third-order valence-electron chi connectivity index (χ3n) is 2.51. The Hall–Kier alpha value is -2.50. The number of carbonyl (C=O) groups is 2. The number of methoxy groups -OCH3 is 1. The second-order valence-electron chi connectivity index (χ2n) is 3.94. The summed E-state index contributed by atoms with van der Waals surface area (Å²) < 4.78 is 10.5. The maximum absolute atomic E-state index is 11.7. The van der Waals surface area contributed by atoms with E-state index < -0.39 is 12.1 Å². The molecule has 0 bridgehead atoms. The second-order valence-corrected chi connectivity index (χ2v) is 3.94. The molecule has 0 aliphatic heterocycles. The van der Waals surface area contributed by atoms with Crippen molar-refractivity contribution < 1.29 is 24.2 Å². The van der Waals surface area contributed by atoms with Crippen molar-refractivity contribution in [2.45, 2.75) is 13.0 Å². The first-order valence-electron chi connectivity index (χ1n) is 5.96. The van der Waals surface area contributed by atoms with Gasteiger partial charge in [-0.25, -0.2) is 4.79 Å². The van der Waals surface area contributed by atoms with Gasteiger partial charge in [0.05, 0.1) is 7.11 Å². The summed E-state index contributed by atoms with van der Waals surface area (Å²) in [5.41, 5.74) is -0.0623. The molecule has 1 amide bonds. The number of nitrogens with one attached hydrogen (secondary N) is 1. The van der Waals surface area contributed by atoms with Gasteiger partial charge in [0.15, 0.2) is 17.6 Å². The lowest BCUT2D eigenvalue weighted by atomic mass is 10.2. The zero-order valence-electron chi connectivity index (χ0n) is 11.4. The summed E-state index contributed by atoms with van der Waals surface area (Å²) in [7, 11) is 1.40. The fourth-order valence-corrected chi connectivity index (χ4v) is 1.51. The molecule has 0 aliphatic rings.